The normalized spacial score (nSPS) is 11.2. The minimum atomic E-state index is -4.52. The molecule has 2 aromatic rings. The molecule has 0 bridgehead atoms. The number of hydrogen-bond donors (Lipinski definition) is 1. The fourth-order valence-electron chi connectivity index (χ4n) is 2.45. The van der Waals surface area contributed by atoms with Crippen LogP contribution in [0, 0.1) is 0 Å². The molecular formula is C18H19F3N2O. The third-order valence-electron chi connectivity index (χ3n) is 3.74. The van der Waals surface area contributed by atoms with Gasteiger partial charge in [0.25, 0.3) is 5.91 Å². The average molecular weight is 336 g/mol. The van der Waals surface area contributed by atoms with Crippen molar-refractivity contribution in [3.63, 3.8) is 0 Å². The van der Waals surface area contributed by atoms with Crippen LogP contribution in [0.1, 0.15) is 29.8 Å². The molecule has 2 aromatic carbocycles. The van der Waals surface area contributed by atoms with Crippen LogP contribution in [0.15, 0.2) is 48.5 Å². The Hall–Kier alpha value is -2.50. The number of hydrogen-bond acceptors (Lipinski definition) is 2. The zero-order chi connectivity index (χ0) is 17.7. The van der Waals surface area contributed by atoms with E-state index >= 15 is 0 Å². The Balaban J connectivity index is 2.19. The number of benzene rings is 2. The fraction of sp³-hybridized carbons (Fsp3) is 0.278. The summed E-state index contributed by atoms with van der Waals surface area (Å²) in [6.45, 7) is 5.72. The zero-order valence-electron chi connectivity index (χ0n) is 13.5. The second-order valence-electron chi connectivity index (χ2n) is 5.22. The number of anilines is 2. The van der Waals surface area contributed by atoms with Gasteiger partial charge in [-0.05, 0) is 50.2 Å². The van der Waals surface area contributed by atoms with E-state index < -0.39 is 17.6 Å². The van der Waals surface area contributed by atoms with Gasteiger partial charge in [0.15, 0.2) is 0 Å². The molecule has 3 nitrogen and oxygen atoms in total. The van der Waals surface area contributed by atoms with E-state index in [0.717, 1.165) is 24.8 Å². The van der Waals surface area contributed by atoms with Gasteiger partial charge in [0.1, 0.15) is 0 Å². The number of para-hydroxylation sites is 1. The van der Waals surface area contributed by atoms with Crippen molar-refractivity contribution < 1.29 is 18.0 Å². The van der Waals surface area contributed by atoms with Crippen LogP contribution in [0.25, 0.3) is 0 Å². The van der Waals surface area contributed by atoms with Gasteiger partial charge in [-0.1, -0.05) is 12.1 Å². The van der Waals surface area contributed by atoms with Crippen LogP contribution in [-0.2, 0) is 6.18 Å². The second kappa shape index (κ2) is 7.38. The first kappa shape index (κ1) is 17.8. The number of nitrogens with zero attached hydrogens (tertiary/aromatic N) is 1. The maximum Gasteiger partial charge on any atom is 0.418 e. The van der Waals surface area contributed by atoms with E-state index in [9.17, 15) is 18.0 Å². The van der Waals surface area contributed by atoms with Gasteiger partial charge in [0, 0.05) is 24.3 Å². The highest BCUT2D eigenvalue weighted by Crippen LogP contribution is 2.34. The Morgan fingerprint density at radius 2 is 1.58 bits per heavy atom. The van der Waals surface area contributed by atoms with E-state index in [2.05, 4.69) is 10.2 Å². The largest absolute Gasteiger partial charge is 0.418 e. The lowest BCUT2D eigenvalue weighted by Gasteiger charge is -2.21. The fourth-order valence-corrected chi connectivity index (χ4v) is 2.45. The molecule has 128 valence electrons. The molecule has 0 unspecified atom stereocenters. The van der Waals surface area contributed by atoms with Crippen molar-refractivity contribution in [2.75, 3.05) is 23.3 Å². The quantitative estimate of drug-likeness (QED) is 0.850. The number of rotatable bonds is 5. The van der Waals surface area contributed by atoms with Crippen molar-refractivity contribution in [1.29, 1.82) is 0 Å². The summed E-state index contributed by atoms with van der Waals surface area (Å²) in [5.74, 6) is -0.571. The van der Waals surface area contributed by atoms with E-state index in [0.29, 0.717) is 5.56 Å². The number of alkyl halides is 3. The third kappa shape index (κ3) is 4.07. The van der Waals surface area contributed by atoms with Crippen LogP contribution in [-0.4, -0.2) is 19.0 Å². The standard InChI is InChI=1S/C18H19F3N2O/c1-3-23(4-2)14-11-9-13(10-12-14)17(24)22-16-8-6-5-7-15(16)18(19,20)21/h5-12H,3-4H2,1-2H3,(H,22,24). The van der Waals surface area contributed by atoms with Crippen molar-refractivity contribution in [3.05, 3.63) is 59.7 Å². The van der Waals surface area contributed by atoms with Gasteiger partial charge < -0.3 is 10.2 Å². The molecule has 1 amide bonds. The number of halogens is 3. The average Bonchev–Trinajstić information content (AvgIpc) is 2.56. The van der Waals surface area contributed by atoms with Crippen LogP contribution in [0.4, 0.5) is 24.5 Å². The molecule has 1 N–H and O–H groups in total. The molecule has 0 fully saturated rings. The molecule has 0 spiro atoms. The van der Waals surface area contributed by atoms with Crippen molar-refractivity contribution in [2.45, 2.75) is 20.0 Å². The Labute approximate surface area is 139 Å². The van der Waals surface area contributed by atoms with E-state index in [4.69, 9.17) is 0 Å². The van der Waals surface area contributed by atoms with Crippen molar-refractivity contribution in [1.82, 2.24) is 0 Å². The molecule has 0 saturated carbocycles. The summed E-state index contributed by atoms with van der Waals surface area (Å²) >= 11 is 0. The van der Waals surface area contributed by atoms with Gasteiger partial charge in [-0.3, -0.25) is 4.79 Å². The van der Waals surface area contributed by atoms with E-state index in [1.807, 2.05) is 13.8 Å². The maximum atomic E-state index is 13.0. The Bertz CT molecular complexity index is 692. The number of carbonyl (C=O) groups is 1. The predicted octanol–water partition coefficient (Wildman–Crippen LogP) is 4.80. The summed E-state index contributed by atoms with van der Waals surface area (Å²) in [5.41, 5.74) is 0.163. The first-order valence-electron chi connectivity index (χ1n) is 7.69. The molecular weight excluding hydrogens is 317 g/mol. The van der Waals surface area contributed by atoms with Gasteiger partial charge in [0.05, 0.1) is 11.3 Å². The van der Waals surface area contributed by atoms with E-state index in [-0.39, 0.29) is 5.69 Å². The molecule has 0 atom stereocenters. The SMILES string of the molecule is CCN(CC)c1ccc(C(=O)Nc2ccccc2C(F)(F)F)cc1. The molecule has 24 heavy (non-hydrogen) atoms. The molecule has 0 aliphatic heterocycles. The van der Waals surface area contributed by atoms with Crippen molar-refractivity contribution in [3.8, 4) is 0 Å². The highest BCUT2D eigenvalue weighted by molar-refractivity contribution is 6.04. The maximum absolute atomic E-state index is 13.0. The lowest BCUT2D eigenvalue weighted by molar-refractivity contribution is -0.136. The molecule has 0 aromatic heterocycles. The highest BCUT2D eigenvalue weighted by atomic mass is 19.4. The van der Waals surface area contributed by atoms with Crippen LogP contribution < -0.4 is 10.2 Å². The van der Waals surface area contributed by atoms with Crippen molar-refractivity contribution in [2.24, 2.45) is 0 Å². The predicted molar refractivity (Wildman–Crippen MR) is 89.4 cm³/mol. The molecule has 6 heteroatoms. The topological polar surface area (TPSA) is 32.3 Å². The Morgan fingerprint density at radius 1 is 1.00 bits per heavy atom. The number of amides is 1. The van der Waals surface area contributed by atoms with Crippen LogP contribution in [0.2, 0.25) is 0 Å². The van der Waals surface area contributed by atoms with Crippen LogP contribution >= 0.6 is 0 Å². The molecule has 2 rings (SSSR count). The molecule has 0 heterocycles. The molecule has 0 radical (unpaired) electrons. The first-order valence-corrected chi connectivity index (χ1v) is 7.69. The molecule has 0 saturated heterocycles. The van der Waals surface area contributed by atoms with E-state index in [1.165, 1.54) is 18.2 Å². The van der Waals surface area contributed by atoms with Crippen LogP contribution in [0.3, 0.4) is 0 Å². The Kier molecular flexibility index (Phi) is 5.49. The zero-order valence-corrected chi connectivity index (χ0v) is 13.5. The van der Waals surface area contributed by atoms with Gasteiger partial charge >= 0.3 is 6.18 Å². The minimum absolute atomic E-state index is 0.247. The number of carbonyl (C=O) groups excluding carboxylic acids is 1. The van der Waals surface area contributed by atoms with Gasteiger partial charge in [-0.25, -0.2) is 0 Å². The smallest absolute Gasteiger partial charge is 0.372 e. The lowest BCUT2D eigenvalue weighted by atomic mass is 10.1. The number of nitrogens with one attached hydrogen (secondary N) is 1. The van der Waals surface area contributed by atoms with Crippen molar-refractivity contribution >= 4 is 17.3 Å². The summed E-state index contributed by atoms with van der Waals surface area (Å²) in [4.78, 5) is 14.3. The molecule has 0 aliphatic rings. The summed E-state index contributed by atoms with van der Waals surface area (Å²) < 4.78 is 38.9. The summed E-state index contributed by atoms with van der Waals surface area (Å²) in [6.07, 6.45) is -4.52. The first-order chi connectivity index (χ1) is 11.4. The minimum Gasteiger partial charge on any atom is -0.372 e. The monoisotopic (exact) mass is 336 g/mol. The van der Waals surface area contributed by atoms with Crippen LogP contribution in [0.5, 0.6) is 0 Å². The highest BCUT2D eigenvalue weighted by Gasteiger charge is 2.33. The summed E-state index contributed by atoms with van der Waals surface area (Å²) in [5, 5.41) is 2.34. The summed E-state index contributed by atoms with van der Waals surface area (Å²) in [7, 11) is 0. The van der Waals surface area contributed by atoms with Gasteiger partial charge in [0.2, 0.25) is 0 Å². The summed E-state index contributed by atoms with van der Waals surface area (Å²) in [6, 6.07) is 11.7. The lowest BCUT2D eigenvalue weighted by Crippen LogP contribution is -2.22. The second-order valence-corrected chi connectivity index (χ2v) is 5.22. The third-order valence-corrected chi connectivity index (χ3v) is 3.74. The van der Waals surface area contributed by atoms with Gasteiger partial charge in [-0.15, -0.1) is 0 Å². The van der Waals surface area contributed by atoms with E-state index in [1.54, 1.807) is 24.3 Å². The Morgan fingerprint density at radius 3 is 2.12 bits per heavy atom. The molecule has 0 aliphatic carbocycles. The van der Waals surface area contributed by atoms with Gasteiger partial charge in [-0.2, -0.15) is 13.2 Å².